The molecule has 1 aromatic rings. The first kappa shape index (κ1) is 13.0. The summed E-state index contributed by atoms with van der Waals surface area (Å²) in [4.78, 5) is 18.3. The Labute approximate surface area is 108 Å². The van der Waals surface area contributed by atoms with E-state index in [0.717, 1.165) is 24.8 Å². The molecule has 2 rings (SSSR count). The predicted molar refractivity (Wildman–Crippen MR) is 70.7 cm³/mol. The van der Waals surface area contributed by atoms with Crippen LogP contribution >= 0.6 is 0 Å². The van der Waals surface area contributed by atoms with Gasteiger partial charge in [-0.05, 0) is 30.9 Å². The van der Waals surface area contributed by atoms with Crippen LogP contribution in [0.3, 0.4) is 0 Å². The Morgan fingerprint density at radius 2 is 2.39 bits per heavy atom. The predicted octanol–water partition coefficient (Wildman–Crippen LogP) is 1.70. The Kier molecular flexibility index (Phi) is 4.31. The molecule has 1 heterocycles. The summed E-state index contributed by atoms with van der Waals surface area (Å²) in [5, 5.41) is 0. The third-order valence-corrected chi connectivity index (χ3v) is 3.34. The van der Waals surface area contributed by atoms with E-state index in [9.17, 15) is 4.79 Å². The Morgan fingerprint density at radius 3 is 2.94 bits per heavy atom. The largest absolute Gasteiger partial charge is 0.335 e. The van der Waals surface area contributed by atoms with E-state index in [4.69, 9.17) is 5.73 Å². The fourth-order valence-electron chi connectivity index (χ4n) is 1.98. The summed E-state index contributed by atoms with van der Waals surface area (Å²) in [6.45, 7) is 2.67. The zero-order valence-electron chi connectivity index (χ0n) is 10.9. The third kappa shape index (κ3) is 3.53. The van der Waals surface area contributed by atoms with Crippen LogP contribution < -0.4 is 5.73 Å². The molecule has 1 unspecified atom stereocenters. The van der Waals surface area contributed by atoms with E-state index >= 15 is 0 Å². The molecule has 0 spiro atoms. The number of carbonyl (C=O) groups excluding carboxylic acids is 1. The van der Waals surface area contributed by atoms with Crippen LogP contribution in [0.5, 0.6) is 0 Å². The van der Waals surface area contributed by atoms with Crippen molar-refractivity contribution in [2.24, 2.45) is 5.73 Å². The van der Waals surface area contributed by atoms with Crippen LogP contribution in [0, 0.1) is 0 Å². The maximum absolute atomic E-state index is 12.2. The summed E-state index contributed by atoms with van der Waals surface area (Å²) in [5.41, 5.74) is 6.95. The number of nitrogens with two attached hydrogens (primary N) is 1. The first-order chi connectivity index (χ1) is 8.70. The molecule has 1 aliphatic carbocycles. The first-order valence-electron chi connectivity index (χ1n) is 6.64. The monoisotopic (exact) mass is 247 g/mol. The van der Waals surface area contributed by atoms with Crippen molar-refractivity contribution in [3.8, 4) is 0 Å². The molecule has 0 saturated heterocycles. The standard InChI is InChI=1S/C14H21N3O/c1-2-12(15)8-14(18)17(13-5-6-13)10-11-4-3-7-16-9-11/h3-4,7,9,12-13H,2,5-6,8,10,15H2,1H3. The van der Waals surface area contributed by atoms with E-state index in [1.165, 1.54) is 0 Å². The lowest BCUT2D eigenvalue weighted by Crippen LogP contribution is -2.36. The molecule has 2 N–H and O–H groups in total. The van der Waals surface area contributed by atoms with E-state index in [1.54, 1.807) is 6.20 Å². The molecular formula is C14H21N3O. The molecule has 4 heteroatoms. The fraction of sp³-hybridized carbons (Fsp3) is 0.571. The van der Waals surface area contributed by atoms with Crippen molar-refractivity contribution in [3.63, 3.8) is 0 Å². The number of hydrogen-bond acceptors (Lipinski definition) is 3. The van der Waals surface area contributed by atoms with Gasteiger partial charge >= 0.3 is 0 Å². The molecule has 0 aliphatic heterocycles. The van der Waals surface area contributed by atoms with Crippen molar-refractivity contribution in [2.45, 2.75) is 51.2 Å². The Balaban J connectivity index is 1.98. The molecule has 18 heavy (non-hydrogen) atoms. The fourth-order valence-corrected chi connectivity index (χ4v) is 1.98. The van der Waals surface area contributed by atoms with Crippen molar-refractivity contribution in [1.29, 1.82) is 0 Å². The molecule has 98 valence electrons. The minimum atomic E-state index is -0.0207. The Bertz CT molecular complexity index is 389. The normalized spacial score (nSPS) is 16.3. The molecule has 1 aromatic heterocycles. The van der Waals surface area contributed by atoms with Crippen LogP contribution in [0.4, 0.5) is 0 Å². The minimum Gasteiger partial charge on any atom is -0.335 e. The second-order valence-electron chi connectivity index (χ2n) is 4.99. The molecule has 0 radical (unpaired) electrons. The van der Waals surface area contributed by atoms with Crippen LogP contribution in [0.25, 0.3) is 0 Å². The molecule has 0 aromatic carbocycles. The number of rotatable bonds is 6. The van der Waals surface area contributed by atoms with Gasteiger partial charge in [-0.25, -0.2) is 0 Å². The minimum absolute atomic E-state index is 0.0207. The molecule has 1 atom stereocenters. The van der Waals surface area contributed by atoms with E-state index in [0.29, 0.717) is 19.0 Å². The average molecular weight is 247 g/mol. The van der Waals surface area contributed by atoms with Gasteiger partial charge in [0.2, 0.25) is 5.91 Å². The van der Waals surface area contributed by atoms with Gasteiger partial charge in [0.05, 0.1) is 0 Å². The van der Waals surface area contributed by atoms with Gasteiger partial charge in [-0.15, -0.1) is 0 Å². The van der Waals surface area contributed by atoms with Crippen LogP contribution in [-0.4, -0.2) is 27.9 Å². The van der Waals surface area contributed by atoms with Crippen molar-refractivity contribution in [3.05, 3.63) is 30.1 Å². The number of nitrogens with zero attached hydrogens (tertiary/aromatic N) is 2. The molecule has 4 nitrogen and oxygen atoms in total. The molecule has 0 bridgehead atoms. The number of hydrogen-bond donors (Lipinski definition) is 1. The maximum atomic E-state index is 12.2. The Morgan fingerprint density at radius 1 is 1.61 bits per heavy atom. The van der Waals surface area contributed by atoms with Gasteiger partial charge in [0, 0.05) is 37.4 Å². The van der Waals surface area contributed by atoms with E-state index in [-0.39, 0.29) is 11.9 Å². The molecule has 1 amide bonds. The quantitative estimate of drug-likeness (QED) is 0.832. The van der Waals surface area contributed by atoms with E-state index in [1.807, 2.05) is 30.2 Å². The van der Waals surface area contributed by atoms with Gasteiger partial charge in [0.25, 0.3) is 0 Å². The highest BCUT2D eigenvalue weighted by Gasteiger charge is 2.32. The summed E-state index contributed by atoms with van der Waals surface area (Å²) >= 11 is 0. The first-order valence-corrected chi connectivity index (χ1v) is 6.64. The second kappa shape index (κ2) is 5.96. The lowest BCUT2D eigenvalue weighted by Gasteiger charge is -2.23. The highest BCUT2D eigenvalue weighted by molar-refractivity contribution is 5.77. The molecule has 1 saturated carbocycles. The summed E-state index contributed by atoms with van der Waals surface area (Å²) in [6, 6.07) is 4.31. The number of amides is 1. The second-order valence-corrected chi connectivity index (χ2v) is 4.99. The lowest BCUT2D eigenvalue weighted by molar-refractivity contribution is -0.132. The third-order valence-electron chi connectivity index (χ3n) is 3.34. The van der Waals surface area contributed by atoms with E-state index in [2.05, 4.69) is 4.98 Å². The average Bonchev–Trinajstić information content (AvgIpc) is 3.21. The van der Waals surface area contributed by atoms with Crippen molar-refractivity contribution < 1.29 is 4.79 Å². The van der Waals surface area contributed by atoms with Gasteiger partial charge < -0.3 is 10.6 Å². The molecular weight excluding hydrogens is 226 g/mol. The highest BCUT2D eigenvalue weighted by Crippen LogP contribution is 2.29. The number of pyridine rings is 1. The highest BCUT2D eigenvalue weighted by atomic mass is 16.2. The SMILES string of the molecule is CCC(N)CC(=O)N(Cc1cccnc1)C1CC1. The summed E-state index contributed by atoms with van der Waals surface area (Å²) in [5.74, 6) is 0.177. The van der Waals surface area contributed by atoms with Crippen LogP contribution in [-0.2, 0) is 11.3 Å². The Hall–Kier alpha value is -1.42. The van der Waals surface area contributed by atoms with Gasteiger partial charge in [-0.3, -0.25) is 9.78 Å². The zero-order valence-corrected chi connectivity index (χ0v) is 10.9. The van der Waals surface area contributed by atoms with Crippen LogP contribution in [0.2, 0.25) is 0 Å². The maximum Gasteiger partial charge on any atom is 0.224 e. The summed E-state index contributed by atoms with van der Waals surface area (Å²) < 4.78 is 0. The van der Waals surface area contributed by atoms with Crippen molar-refractivity contribution in [2.75, 3.05) is 0 Å². The smallest absolute Gasteiger partial charge is 0.224 e. The van der Waals surface area contributed by atoms with Crippen LogP contribution in [0.15, 0.2) is 24.5 Å². The molecule has 1 fully saturated rings. The van der Waals surface area contributed by atoms with Crippen molar-refractivity contribution in [1.82, 2.24) is 9.88 Å². The lowest BCUT2D eigenvalue weighted by atomic mass is 10.1. The van der Waals surface area contributed by atoms with Gasteiger partial charge in [-0.2, -0.15) is 0 Å². The number of carbonyl (C=O) groups is 1. The van der Waals surface area contributed by atoms with Gasteiger partial charge in [0.15, 0.2) is 0 Å². The summed E-state index contributed by atoms with van der Waals surface area (Å²) in [6.07, 6.45) is 7.10. The van der Waals surface area contributed by atoms with E-state index < -0.39 is 0 Å². The summed E-state index contributed by atoms with van der Waals surface area (Å²) in [7, 11) is 0. The zero-order chi connectivity index (χ0) is 13.0. The molecule has 1 aliphatic rings. The van der Waals surface area contributed by atoms with Gasteiger partial charge in [0.1, 0.15) is 0 Å². The number of aromatic nitrogens is 1. The topological polar surface area (TPSA) is 59.2 Å². The van der Waals surface area contributed by atoms with Crippen LogP contribution in [0.1, 0.15) is 38.2 Å². The van der Waals surface area contributed by atoms with Crippen molar-refractivity contribution >= 4 is 5.91 Å². The van der Waals surface area contributed by atoms with Gasteiger partial charge in [-0.1, -0.05) is 13.0 Å².